The van der Waals surface area contributed by atoms with Crippen LogP contribution in [0.15, 0.2) is 11.3 Å². The largest absolute Gasteiger partial charge is 0.389 e. The summed E-state index contributed by atoms with van der Waals surface area (Å²) < 4.78 is 0. The van der Waals surface area contributed by atoms with E-state index in [0.29, 0.717) is 0 Å². The van der Waals surface area contributed by atoms with Gasteiger partial charge < -0.3 is 5.32 Å². The summed E-state index contributed by atoms with van der Waals surface area (Å²) in [6.45, 7) is 5.58. The van der Waals surface area contributed by atoms with E-state index in [1.165, 1.54) is 31.5 Å². The van der Waals surface area contributed by atoms with Crippen molar-refractivity contribution in [2.75, 3.05) is 6.54 Å². The first-order valence-corrected chi connectivity index (χ1v) is 3.77. The molecule has 0 fully saturated rings. The van der Waals surface area contributed by atoms with E-state index >= 15 is 0 Å². The maximum Gasteiger partial charge on any atom is 0.0146 e. The first kappa shape index (κ1) is 6.66. The van der Waals surface area contributed by atoms with Gasteiger partial charge in [-0.05, 0) is 26.2 Å². The molecule has 0 bridgehead atoms. The third-order valence-corrected chi connectivity index (χ3v) is 2.00. The topological polar surface area (TPSA) is 12.0 Å². The Hall–Kier alpha value is -0.460. The number of rotatable bonds is 1. The maximum absolute atomic E-state index is 3.36. The number of hydrogen-bond acceptors (Lipinski definition) is 1. The Morgan fingerprint density at radius 1 is 1.56 bits per heavy atom. The highest BCUT2D eigenvalue weighted by Crippen LogP contribution is 2.16. The number of allylic oxidation sites excluding steroid dienone is 2. The van der Waals surface area contributed by atoms with Gasteiger partial charge in [0.1, 0.15) is 0 Å². The summed E-state index contributed by atoms with van der Waals surface area (Å²) in [5.41, 5.74) is 3.03. The summed E-state index contributed by atoms with van der Waals surface area (Å²) in [6.07, 6.45) is 3.86. The average molecular weight is 125 g/mol. The van der Waals surface area contributed by atoms with Crippen molar-refractivity contribution in [2.24, 2.45) is 0 Å². The van der Waals surface area contributed by atoms with Crippen molar-refractivity contribution in [2.45, 2.75) is 33.1 Å². The van der Waals surface area contributed by atoms with Gasteiger partial charge in [-0.2, -0.15) is 0 Å². The van der Waals surface area contributed by atoms with Crippen LogP contribution in [0.2, 0.25) is 0 Å². The first-order chi connectivity index (χ1) is 4.34. The van der Waals surface area contributed by atoms with Gasteiger partial charge >= 0.3 is 0 Å². The van der Waals surface area contributed by atoms with Gasteiger partial charge in [0.25, 0.3) is 0 Å². The molecule has 0 radical (unpaired) electrons. The van der Waals surface area contributed by atoms with E-state index in [9.17, 15) is 0 Å². The highest BCUT2D eigenvalue weighted by Gasteiger charge is 2.04. The fourth-order valence-electron chi connectivity index (χ4n) is 1.33. The Labute approximate surface area is 57.1 Å². The molecule has 0 unspecified atom stereocenters. The summed E-state index contributed by atoms with van der Waals surface area (Å²) in [5, 5.41) is 3.36. The Morgan fingerprint density at radius 2 is 2.33 bits per heavy atom. The molecule has 0 atom stereocenters. The van der Waals surface area contributed by atoms with Crippen LogP contribution < -0.4 is 5.32 Å². The van der Waals surface area contributed by atoms with Gasteiger partial charge in [0, 0.05) is 12.2 Å². The van der Waals surface area contributed by atoms with Gasteiger partial charge in [-0.3, -0.25) is 0 Å². The fraction of sp³-hybridized carbons (Fsp3) is 0.750. The molecule has 1 rings (SSSR count). The Kier molecular flexibility index (Phi) is 2.15. The summed E-state index contributed by atoms with van der Waals surface area (Å²) >= 11 is 0. The quantitative estimate of drug-likeness (QED) is 0.565. The zero-order chi connectivity index (χ0) is 6.69. The molecule has 52 valence electrons. The highest BCUT2D eigenvalue weighted by atomic mass is 14.9. The minimum atomic E-state index is 1.18. The van der Waals surface area contributed by atoms with E-state index in [1.807, 2.05) is 0 Å². The van der Waals surface area contributed by atoms with Crippen LogP contribution in [-0.4, -0.2) is 6.54 Å². The number of hydrogen-bond donors (Lipinski definition) is 1. The first-order valence-electron chi connectivity index (χ1n) is 3.77. The molecule has 0 aromatic carbocycles. The van der Waals surface area contributed by atoms with Crippen LogP contribution in [-0.2, 0) is 0 Å². The molecule has 1 aliphatic heterocycles. The van der Waals surface area contributed by atoms with Crippen molar-refractivity contribution in [3.63, 3.8) is 0 Å². The van der Waals surface area contributed by atoms with E-state index in [2.05, 4.69) is 19.2 Å². The van der Waals surface area contributed by atoms with Crippen molar-refractivity contribution in [3.05, 3.63) is 11.3 Å². The van der Waals surface area contributed by atoms with Crippen molar-refractivity contribution in [3.8, 4) is 0 Å². The summed E-state index contributed by atoms with van der Waals surface area (Å²) in [7, 11) is 0. The van der Waals surface area contributed by atoms with Crippen molar-refractivity contribution >= 4 is 0 Å². The highest BCUT2D eigenvalue weighted by molar-refractivity contribution is 5.12. The lowest BCUT2D eigenvalue weighted by atomic mass is 10.0. The number of nitrogens with one attached hydrogen (secondary N) is 1. The molecular formula is C8H15N. The van der Waals surface area contributed by atoms with Gasteiger partial charge in [0.2, 0.25) is 0 Å². The van der Waals surface area contributed by atoms with Crippen LogP contribution in [0.1, 0.15) is 33.1 Å². The van der Waals surface area contributed by atoms with Gasteiger partial charge in [-0.1, -0.05) is 12.5 Å². The maximum atomic E-state index is 3.36. The van der Waals surface area contributed by atoms with Crippen LogP contribution in [0.3, 0.4) is 0 Å². The summed E-state index contributed by atoms with van der Waals surface area (Å²) in [5.74, 6) is 0. The monoisotopic (exact) mass is 125 g/mol. The molecular weight excluding hydrogens is 110 g/mol. The minimum absolute atomic E-state index is 1.18. The van der Waals surface area contributed by atoms with Crippen molar-refractivity contribution < 1.29 is 0 Å². The van der Waals surface area contributed by atoms with E-state index in [1.54, 1.807) is 5.57 Å². The standard InChI is InChI=1S/C8H15N/c1-3-8-5-4-6-9-7(8)2/h9H,3-6H2,1-2H3. The summed E-state index contributed by atoms with van der Waals surface area (Å²) in [4.78, 5) is 0. The minimum Gasteiger partial charge on any atom is -0.389 e. The molecule has 0 aromatic rings. The Bertz CT molecular complexity index is 125. The molecule has 0 aliphatic carbocycles. The second kappa shape index (κ2) is 2.90. The average Bonchev–Trinajstić information content (AvgIpc) is 1.89. The van der Waals surface area contributed by atoms with Gasteiger partial charge in [0.15, 0.2) is 0 Å². The molecule has 1 heterocycles. The predicted molar refractivity (Wildman–Crippen MR) is 40.2 cm³/mol. The van der Waals surface area contributed by atoms with Gasteiger partial charge in [0.05, 0.1) is 0 Å². The molecule has 0 aromatic heterocycles. The molecule has 0 amide bonds. The lowest BCUT2D eigenvalue weighted by Gasteiger charge is -2.18. The lowest BCUT2D eigenvalue weighted by molar-refractivity contribution is 0.645. The van der Waals surface area contributed by atoms with Crippen molar-refractivity contribution in [1.29, 1.82) is 0 Å². The smallest absolute Gasteiger partial charge is 0.0146 e. The predicted octanol–water partition coefficient (Wildman–Crippen LogP) is 2.05. The SMILES string of the molecule is CCC1=C(C)NCCC1. The zero-order valence-electron chi connectivity index (χ0n) is 6.33. The zero-order valence-corrected chi connectivity index (χ0v) is 6.33. The Morgan fingerprint density at radius 3 is 2.78 bits per heavy atom. The molecule has 1 aliphatic rings. The van der Waals surface area contributed by atoms with E-state index < -0.39 is 0 Å². The molecule has 0 saturated heterocycles. The lowest BCUT2D eigenvalue weighted by Crippen LogP contribution is -2.19. The van der Waals surface area contributed by atoms with Gasteiger partial charge in [-0.15, -0.1) is 0 Å². The summed E-state index contributed by atoms with van der Waals surface area (Å²) in [6, 6.07) is 0. The van der Waals surface area contributed by atoms with Crippen LogP contribution >= 0.6 is 0 Å². The second-order valence-electron chi connectivity index (χ2n) is 2.61. The third-order valence-electron chi connectivity index (χ3n) is 2.00. The molecule has 0 saturated carbocycles. The molecule has 0 spiro atoms. The van der Waals surface area contributed by atoms with Crippen LogP contribution in [0, 0.1) is 0 Å². The fourth-order valence-corrected chi connectivity index (χ4v) is 1.33. The second-order valence-corrected chi connectivity index (χ2v) is 2.61. The van der Waals surface area contributed by atoms with E-state index in [-0.39, 0.29) is 0 Å². The van der Waals surface area contributed by atoms with Gasteiger partial charge in [-0.25, -0.2) is 0 Å². The normalized spacial score (nSPS) is 19.8. The van der Waals surface area contributed by atoms with Crippen LogP contribution in [0.5, 0.6) is 0 Å². The van der Waals surface area contributed by atoms with Crippen LogP contribution in [0.25, 0.3) is 0 Å². The Balaban J connectivity index is 2.59. The third kappa shape index (κ3) is 1.47. The van der Waals surface area contributed by atoms with E-state index in [4.69, 9.17) is 0 Å². The van der Waals surface area contributed by atoms with Crippen molar-refractivity contribution in [1.82, 2.24) is 5.32 Å². The molecule has 1 nitrogen and oxygen atoms in total. The molecule has 1 N–H and O–H groups in total. The molecule has 9 heavy (non-hydrogen) atoms. The molecule has 1 heteroatoms. The van der Waals surface area contributed by atoms with Crippen LogP contribution in [0.4, 0.5) is 0 Å². The van der Waals surface area contributed by atoms with E-state index in [0.717, 1.165) is 0 Å².